The van der Waals surface area contributed by atoms with Crippen LogP contribution in [0, 0.1) is 5.92 Å². The van der Waals surface area contributed by atoms with E-state index in [2.05, 4.69) is 49.7 Å². The predicted octanol–water partition coefficient (Wildman–Crippen LogP) is 3.69. The number of anilines is 2. The first kappa shape index (κ1) is 13.7. The lowest BCUT2D eigenvalue weighted by Crippen LogP contribution is -2.34. The van der Waals surface area contributed by atoms with E-state index in [0.717, 1.165) is 17.7 Å². The summed E-state index contributed by atoms with van der Waals surface area (Å²) < 4.78 is 0. The Bertz CT molecular complexity index is 561. The molecule has 0 aliphatic rings. The van der Waals surface area contributed by atoms with E-state index in [4.69, 9.17) is 5.73 Å². The number of hydrogen-bond acceptors (Lipinski definition) is 3. The highest BCUT2D eigenvalue weighted by Crippen LogP contribution is 2.28. The summed E-state index contributed by atoms with van der Waals surface area (Å²) in [5.74, 6) is 0.624. The van der Waals surface area contributed by atoms with Gasteiger partial charge in [-0.15, -0.1) is 0 Å². The van der Waals surface area contributed by atoms with Gasteiger partial charge in [-0.25, -0.2) is 0 Å². The van der Waals surface area contributed by atoms with Gasteiger partial charge in [-0.05, 0) is 44.0 Å². The zero-order valence-electron chi connectivity index (χ0n) is 12.2. The number of rotatable bonds is 4. The Kier molecular flexibility index (Phi) is 3.93. The van der Waals surface area contributed by atoms with Crippen LogP contribution in [0.15, 0.2) is 30.5 Å². The van der Waals surface area contributed by atoms with Crippen molar-refractivity contribution >= 4 is 22.3 Å². The lowest BCUT2D eigenvalue weighted by Gasteiger charge is -2.31. The molecule has 2 aromatic rings. The second-order valence-corrected chi connectivity index (χ2v) is 5.75. The number of hydrogen-bond donors (Lipinski definition) is 1. The minimum Gasteiger partial charge on any atom is -0.399 e. The van der Waals surface area contributed by atoms with Gasteiger partial charge in [-0.3, -0.25) is 4.98 Å². The number of aromatic nitrogens is 1. The van der Waals surface area contributed by atoms with Gasteiger partial charge in [-0.2, -0.15) is 0 Å². The Labute approximate surface area is 115 Å². The summed E-state index contributed by atoms with van der Waals surface area (Å²) in [6.45, 7) is 9.99. The summed E-state index contributed by atoms with van der Waals surface area (Å²) >= 11 is 0. The Morgan fingerprint density at radius 2 is 1.89 bits per heavy atom. The van der Waals surface area contributed by atoms with E-state index >= 15 is 0 Å². The van der Waals surface area contributed by atoms with Crippen molar-refractivity contribution in [2.75, 3.05) is 17.2 Å². The molecule has 1 aromatic heterocycles. The summed E-state index contributed by atoms with van der Waals surface area (Å²) in [4.78, 5) is 6.85. The van der Waals surface area contributed by atoms with Crippen LogP contribution in [0.2, 0.25) is 0 Å². The van der Waals surface area contributed by atoms with Crippen molar-refractivity contribution in [1.82, 2.24) is 4.98 Å². The summed E-state index contributed by atoms with van der Waals surface area (Å²) in [5, 5.41) is 1.17. The van der Waals surface area contributed by atoms with Crippen molar-refractivity contribution in [2.45, 2.75) is 33.7 Å². The Hall–Kier alpha value is -1.77. The Morgan fingerprint density at radius 3 is 2.53 bits per heavy atom. The van der Waals surface area contributed by atoms with Crippen molar-refractivity contribution in [3.63, 3.8) is 0 Å². The molecule has 102 valence electrons. The number of nitrogen functional groups attached to an aromatic ring is 1. The molecule has 0 aliphatic carbocycles. The fourth-order valence-corrected chi connectivity index (χ4v) is 2.38. The molecule has 0 bridgehead atoms. The topological polar surface area (TPSA) is 42.2 Å². The predicted molar refractivity (Wildman–Crippen MR) is 83.5 cm³/mol. The number of benzene rings is 1. The molecule has 0 saturated heterocycles. The van der Waals surface area contributed by atoms with E-state index in [0.29, 0.717) is 12.0 Å². The molecule has 1 aromatic carbocycles. The van der Waals surface area contributed by atoms with E-state index in [-0.39, 0.29) is 0 Å². The maximum atomic E-state index is 5.84. The molecular formula is C16H23N3. The monoisotopic (exact) mass is 257 g/mol. The van der Waals surface area contributed by atoms with Crippen molar-refractivity contribution in [2.24, 2.45) is 5.92 Å². The van der Waals surface area contributed by atoms with Gasteiger partial charge in [-0.1, -0.05) is 13.8 Å². The van der Waals surface area contributed by atoms with Crippen LogP contribution in [0.3, 0.4) is 0 Å². The summed E-state index contributed by atoms with van der Waals surface area (Å²) in [7, 11) is 0. The molecule has 1 heterocycles. The largest absolute Gasteiger partial charge is 0.399 e. The van der Waals surface area contributed by atoms with Crippen molar-refractivity contribution in [1.29, 1.82) is 0 Å². The molecule has 0 radical (unpaired) electrons. The third kappa shape index (κ3) is 2.98. The minimum absolute atomic E-state index is 0.463. The van der Waals surface area contributed by atoms with Gasteiger partial charge in [0.05, 0.1) is 5.52 Å². The average molecular weight is 257 g/mol. The van der Waals surface area contributed by atoms with Crippen molar-refractivity contribution in [3.8, 4) is 0 Å². The van der Waals surface area contributed by atoms with Crippen LogP contribution in [0.4, 0.5) is 11.4 Å². The first-order valence-corrected chi connectivity index (χ1v) is 6.90. The van der Waals surface area contributed by atoms with E-state index in [1.165, 1.54) is 11.1 Å². The minimum atomic E-state index is 0.463. The number of nitrogens with two attached hydrogens (primary N) is 1. The lowest BCUT2D eigenvalue weighted by atomic mass is 10.1. The lowest BCUT2D eigenvalue weighted by molar-refractivity contribution is 0.572. The Balaban J connectivity index is 2.53. The molecule has 19 heavy (non-hydrogen) atoms. The van der Waals surface area contributed by atoms with E-state index < -0.39 is 0 Å². The van der Waals surface area contributed by atoms with Crippen molar-refractivity contribution in [3.05, 3.63) is 30.5 Å². The summed E-state index contributed by atoms with van der Waals surface area (Å²) in [5.41, 5.74) is 8.81. The molecule has 2 rings (SSSR count). The fraction of sp³-hybridized carbons (Fsp3) is 0.438. The molecule has 0 unspecified atom stereocenters. The summed E-state index contributed by atoms with van der Waals surface area (Å²) in [6, 6.07) is 8.52. The van der Waals surface area contributed by atoms with E-state index in [1.807, 2.05) is 18.3 Å². The van der Waals surface area contributed by atoms with Gasteiger partial charge < -0.3 is 10.6 Å². The molecule has 3 nitrogen and oxygen atoms in total. The first-order chi connectivity index (χ1) is 8.99. The fourth-order valence-electron chi connectivity index (χ4n) is 2.38. The number of fused-ring (bicyclic) bond motifs is 1. The quantitative estimate of drug-likeness (QED) is 0.849. The molecule has 0 amide bonds. The second kappa shape index (κ2) is 5.47. The van der Waals surface area contributed by atoms with Gasteiger partial charge in [0.15, 0.2) is 0 Å². The zero-order chi connectivity index (χ0) is 14.0. The molecule has 0 fully saturated rings. The van der Waals surface area contributed by atoms with E-state index in [9.17, 15) is 0 Å². The van der Waals surface area contributed by atoms with E-state index in [1.54, 1.807) is 0 Å². The number of pyridine rings is 1. The van der Waals surface area contributed by atoms with Gasteiger partial charge in [0.25, 0.3) is 0 Å². The van der Waals surface area contributed by atoms with Crippen LogP contribution in [0.5, 0.6) is 0 Å². The summed E-state index contributed by atoms with van der Waals surface area (Å²) in [6.07, 6.45) is 1.87. The molecule has 2 N–H and O–H groups in total. The molecule has 0 saturated carbocycles. The normalized spacial score (nSPS) is 11.5. The standard InChI is InChI=1S/C16H23N3/c1-11(2)10-19(12(3)4)16-7-8-18-15-9-13(17)5-6-14(15)16/h5-9,11-12H,10,17H2,1-4H3. The van der Waals surface area contributed by atoms with Crippen LogP contribution >= 0.6 is 0 Å². The maximum absolute atomic E-state index is 5.84. The van der Waals surface area contributed by atoms with Crippen LogP contribution in [0.25, 0.3) is 10.9 Å². The molecule has 0 spiro atoms. The van der Waals surface area contributed by atoms with Gasteiger partial charge >= 0.3 is 0 Å². The highest BCUT2D eigenvalue weighted by molar-refractivity contribution is 5.93. The van der Waals surface area contributed by atoms with Crippen LogP contribution < -0.4 is 10.6 Å². The zero-order valence-corrected chi connectivity index (χ0v) is 12.2. The van der Waals surface area contributed by atoms with Gasteiger partial charge in [0, 0.05) is 35.5 Å². The van der Waals surface area contributed by atoms with Crippen LogP contribution in [-0.2, 0) is 0 Å². The van der Waals surface area contributed by atoms with Crippen LogP contribution in [-0.4, -0.2) is 17.6 Å². The molecule has 0 aliphatic heterocycles. The van der Waals surface area contributed by atoms with Gasteiger partial charge in [0.2, 0.25) is 0 Å². The smallest absolute Gasteiger partial charge is 0.0743 e. The molecule has 3 heteroatoms. The van der Waals surface area contributed by atoms with Crippen LogP contribution in [0.1, 0.15) is 27.7 Å². The van der Waals surface area contributed by atoms with Crippen molar-refractivity contribution < 1.29 is 0 Å². The third-order valence-corrected chi connectivity index (χ3v) is 3.24. The Morgan fingerprint density at radius 1 is 1.16 bits per heavy atom. The molecule has 0 atom stereocenters. The first-order valence-electron chi connectivity index (χ1n) is 6.90. The van der Waals surface area contributed by atoms with Gasteiger partial charge in [0.1, 0.15) is 0 Å². The second-order valence-electron chi connectivity index (χ2n) is 5.75. The average Bonchev–Trinajstić information content (AvgIpc) is 2.34. The third-order valence-electron chi connectivity index (χ3n) is 3.24. The highest BCUT2D eigenvalue weighted by atomic mass is 15.2. The highest BCUT2D eigenvalue weighted by Gasteiger charge is 2.15. The SMILES string of the molecule is CC(C)CN(c1ccnc2cc(N)ccc12)C(C)C. The maximum Gasteiger partial charge on any atom is 0.0743 e. The number of nitrogens with zero attached hydrogens (tertiary/aromatic N) is 2. The molecular weight excluding hydrogens is 234 g/mol.